The SMILES string of the molecule is CC(C)CCCCCCCCCCCCCCCCCC(=O)OC[C@H](COP(=O)(O)OCC(O)COP(=O)(O)OC[C@@H](COC(=O)CCCCCCCCCCC(C)C)OC(=O)CCCCCCCCCCC(C)C)OC(=O)CCCCCCCCCCCCCCCCC(C)C. The Balaban J connectivity index is 5.24. The summed E-state index contributed by atoms with van der Waals surface area (Å²) >= 11 is 0. The minimum atomic E-state index is -4.96. The number of aliphatic hydroxyl groups excluding tert-OH is 1. The minimum Gasteiger partial charge on any atom is -0.462 e. The predicted octanol–water partition coefficient (Wildman–Crippen LogP) is 22.8. The summed E-state index contributed by atoms with van der Waals surface area (Å²) in [7, 11) is -9.92. The van der Waals surface area contributed by atoms with E-state index in [0.29, 0.717) is 25.7 Å². The van der Waals surface area contributed by atoms with Crippen LogP contribution < -0.4 is 0 Å². The summed E-state index contributed by atoms with van der Waals surface area (Å²) in [5.74, 6) is 0.926. The molecule has 97 heavy (non-hydrogen) atoms. The fourth-order valence-electron chi connectivity index (χ4n) is 11.9. The van der Waals surface area contributed by atoms with Gasteiger partial charge in [0.05, 0.1) is 26.4 Å². The molecule has 3 N–H and O–H groups in total. The summed E-state index contributed by atoms with van der Waals surface area (Å²) < 4.78 is 68.6. The first-order valence-electron chi connectivity index (χ1n) is 40.2. The van der Waals surface area contributed by atoms with Gasteiger partial charge in [0.25, 0.3) is 0 Å². The van der Waals surface area contributed by atoms with Gasteiger partial charge in [-0.05, 0) is 49.4 Å². The molecule has 0 heterocycles. The average molecular weight is 1420 g/mol. The van der Waals surface area contributed by atoms with E-state index in [0.717, 1.165) is 114 Å². The third-order valence-corrected chi connectivity index (χ3v) is 20.0. The third kappa shape index (κ3) is 72.2. The van der Waals surface area contributed by atoms with Gasteiger partial charge in [-0.25, -0.2) is 9.13 Å². The summed E-state index contributed by atoms with van der Waals surface area (Å²) in [6.07, 6.45) is 52.8. The van der Waals surface area contributed by atoms with Gasteiger partial charge >= 0.3 is 39.5 Å². The van der Waals surface area contributed by atoms with E-state index < -0.39 is 97.5 Å². The first kappa shape index (κ1) is 95.1. The van der Waals surface area contributed by atoms with Crippen molar-refractivity contribution in [3.63, 3.8) is 0 Å². The van der Waals surface area contributed by atoms with Crippen molar-refractivity contribution in [1.29, 1.82) is 0 Å². The number of hydrogen-bond acceptors (Lipinski definition) is 15. The summed E-state index contributed by atoms with van der Waals surface area (Å²) in [4.78, 5) is 72.9. The zero-order valence-electron chi connectivity index (χ0n) is 63.7. The number of ether oxygens (including phenoxy) is 4. The van der Waals surface area contributed by atoms with Crippen LogP contribution in [0.5, 0.6) is 0 Å². The van der Waals surface area contributed by atoms with Gasteiger partial charge in [-0.15, -0.1) is 0 Å². The smallest absolute Gasteiger partial charge is 0.462 e. The highest BCUT2D eigenvalue weighted by Gasteiger charge is 2.30. The molecule has 0 bridgehead atoms. The molecule has 19 heteroatoms. The van der Waals surface area contributed by atoms with Gasteiger partial charge in [0.15, 0.2) is 12.2 Å². The Labute approximate surface area is 594 Å². The van der Waals surface area contributed by atoms with Crippen molar-refractivity contribution in [3.8, 4) is 0 Å². The number of carbonyl (C=O) groups is 4. The number of carbonyl (C=O) groups excluding carboxylic acids is 4. The van der Waals surface area contributed by atoms with Crippen molar-refractivity contribution in [2.45, 2.75) is 414 Å². The van der Waals surface area contributed by atoms with E-state index in [9.17, 15) is 43.2 Å². The Morgan fingerprint density at radius 1 is 0.258 bits per heavy atom. The number of phosphoric ester groups is 2. The van der Waals surface area contributed by atoms with Crippen LogP contribution in [0.4, 0.5) is 0 Å². The Morgan fingerprint density at radius 2 is 0.433 bits per heavy atom. The zero-order valence-corrected chi connectivity index (χ0v) is 65.5. The number of rotatable bonds is 75. The Bertz CT molecular complexity index is 1900. The van der Waals surface area contributed by atoms with Crippen LogP contribution in [0.3, 0.4) is 0 Å². The second-order valence-electron chi connectivity index (χ2n) is 30.0. The maximum absolute atomic E-state index is 13.1. The lowest BCUT2D eigenvalue weighted by molar-refractivity contribution is -0.161. The average Bonchev–Trinajstić information content (AvgIpc) is 1.17. The van der Waals surface area contributed by atoms with Crippen molar-refractivity contribution in [1.82, 2.24) is 0 Å². The van der Waals surface area contributed by atoms with Crippen molar-refractivity contribution in [3.05, 3.63) is 0 Å². The van der Waals surface area contributed by atoms with E-state index in [4.69, 9.17) is 37.0 Å². The van der Waals surface area contributed by atoms with E-state index in [1.54, 1.807) is 0 Å². The Hall–Kier alpha value is -1.94. The second kappa shape index (κ2) is 67.2. The Morgan fingerprint density at radius 3 is 0.639 bits per heavy atom. The minimum absolute atomic E-state index is 0.104. The van der Waals surface area contributed by atoms with Crippen LogP contribution in [0, 0.1) is 23.7 Å². The zero-order chi connectivity index (χ0) is 71.7. The third-order valence-electron chi connectivity index (χ3n) is 18.1. The van der Waals surface area contributed by atoms with Gasteiger partial charge in [-0.2, -0.15) is 0 Å². The molecule has 0 aliphatic rings. The molecule has 5 atom stereocenters. The van der Waals surface area contributed by atoms with E-state index in [2.05, 4.69) is 55.4 Å². The van der Waals surface area contributed by atoms with Crippen molar-refractivity contribution in [2.24, 2.45) is 23.7 Å². The molecule has 0 rings (SSSR count). The number of unbranched alkanes of at least 4 members (excludes halogenated alkanes) is 41. The van der Waals surface area contributed by atoms with E-state index >= 15 is 0 Å². The van der Waals surface area contributed by atoms with E-state index in [1.807, 2.05) is 0 Å². The molecule has 0 radical (unpaired) electrons. The molecule has 0 aromatic carbocycles. The number of phosphoric acid groups is 2. The summed E-state index contributed by atoms with van der Waals surface area (Å²) in [5, 5.41) is 10.6. The molecular weight excluding hydrogens is 1270 g/mol. The lowest BCUT2D eigenvalue weighted by atomic mass is 10.0. The molecular formula is C78H152O17P2. The van der Waals surface area contributed by atoms with Crippen LogP contribution in [0.2, 0.25) is 0 Å². The van der Waals surface area contributed by atoms with Gasteiger partial charge in [-0.3, -0.25) is 37.3 Å². The van der Waals surface area contributed by atoms with Crippen molar-refractivity contribution >= 4 is 39.5 Å². The molecule has 0 aromatic rings. The molecule has 3 unspecified atom stereocenters. The lowest BCUT2D eigenvalue weighted by Gasteiger charge is -2.21. The highest BCUT2D eigenvalue weighted by atomic mass is 31.2. The lowest BCUT2D eigenvalue weighted by Crippen LogP contribution is -2.30. The van der Waals surface area contributed by atoms with Gasteiger partial charge in [-0.1, -0.05) is 344 Å². The standard InChI is InChI=1S/C78H152O17P2/c1-68(2)54-46-38-30-22-18-14-10-9-11-16-20-24-34-42-50-58-75(80)88-64-73(94-77(82)60-52-44-36-25-21-17-13-12-15-19-23-31-39-47-55-69(3)4)66-92-96(84,85)90-62-72(79)63-91-97(86,87)93-67-74(95-78(83)61-53-45-37-29-27-33-41-49-57-71(7)8)65-89-76(81)59-51-43-35-28-26-32-40-48-56-70(5)6/h68-74,79H,9-67H2,1-8H3,(H,84,85)(H,86,87)/t72?,73-,74-/m1/s1. The quantitative estimate of drug-likeness (QED) is 0.0222. The molecule has 576 valence electrons. The van der Waals surface area contributed by atoms with Crippen molar-refractivity contribution in [2.75, 3.05) is 39.6 Å². The molecule has 17 nitrogen and oxygen atoms in total. The largest absolute Gasteiger partial charge is 0.472 e. The van der Waals surface area contributed by atoms with Crippen LogP contribution >= 0.6 is 15.6 Å². The van der Waals surface area contributed by atoms with Gasteiger partial charge in [0.1, 0.15) is 19.3 Å². The van der Waals surface area contributed by atoms with Crippen LogP contribution in [0.25, 0.3) is 0 Å². The van der Waals surface area contributed by atoms with Crippen LogP contribution in [0.1, 0.15) is 396 Å². The molecule has 0 aliphatic carbocycles. The van der Waals surface area contributed by atoms with E-state index in [1.165, 1.54) is 199 Å². The summed E-state index contributed by atoms with van der Waals surface area (Å²) in [6, 6.07) is 0. The summed E-state index contributed by atoms with van der Waals surface area (Å²) in [6.45, 7) is 14.2. The molecule has 0 fully saturated rings. The topological polar surface area (TPSA) is 237 Å². The number of esters is 4. The molecule has 0 spiro atoms. The Kier molecular flexibility index (Phi) is 65.9. The number of aliphatic hydroxyl groups is 1. The maximum Gasteiger partial charge on any atom is 0.472 e. The highest BCUT2D eigenvalue weighted by molar-refractivity contribution is 7.47. The van der Waals surface area contributed by atoms with Crippen LogP contribution in [-0.4, -0.2) is 96.7 Å². The first-order chi connectivity index (χ1) is 46.6. The first-order valence-corrected chi connectivity index (χ1v) is 43.2. The molecule has 0 amide bonds. The second-order valence-corrected chi connectivity index (χ2v) is 32.9. The molecule has 0 saturated heterocycles. The molecule has 0 saturated carbocycles. The van der Waals surface area contributed by atoms with Crippen LogP contribution in [0.15, 0.2) is 0 Å². The normalized spacial score (nSPS) is 14.1. The number of hydrogen-bond donors (Lipinski definition) is 3. The summed E-state index contributed by atoms with van der Waals surface area (Å²) in [5.41, 5.74) is 0. The van der Waals surface area contributed by atoms with Gasteiger partial charge in [0.2, 0.25) is 0 Å². The fourth-order valence-corrected chi connectivity index (χ4v) is 13.5. The maximum atomic E-state index is 13.1. The monoisotopic (exact) mass is 1420 g/mol. The van der Waals surface area contributed by atoms with Crippen molar-refractivity contribution < 1.29 is 80.2 Å². The molecule has 0 aromatic heterocycles. The van der Waals surface area contributed by atoms with Gasteiger partial charge < -0.3 is 33.8 Å². The fraction of sp³-hybridized carbons (Fsp3) is 0.949. The highest BCUT2D eigenvalue weighted by Crippen LogP contribution is 2.45. The predicted molar refractivity (Wildman–Crippen MR) is 395 cm³/mol. The van der Waals surface area contributed by atoms with E-state index in [-0.39, 0.29) is 25.7 Å². The van der Waals surface area contributed by atoms with Gasteiger partial charge in [0, 0.05) is 25.7 Å². The molecule has 0 aliphatic heterocycles. The van der Waals surface area contributed by atoms with Crippen LogP contribution in [-0.2, 0) is 65.4 Å².